The Morgan fingerprint density at radius 1 is 1.42 bits per heavy atom. The molecule has 0 aliphatic rings. The van der Waals surface area contributed by atoms with Gasteiger partial charge in [0.2, 0.25) is 5.91 Å². The summed E-state index contributed by atoms with van der Waals surface area (Å²) in [5, 5.41) is 8.66. The molecular formula is C17H19N3O3S. The first kappa shape index (κ1) is 16.6. The predicted molar refractivity (Wildman–Crippen MR) is 95.7 cm³/mol. The van der Waals surface area contributed by atoms with Crippen molar-refractivity contribution in [1.29, 1.82) is 0 Å². The Hall–Kier alpha value is -2.25. The Morgan fingerprint density at radius 3 is 2.92 bits per heavy atom. The van der Waals surface area contributed by atoms with Crippen LogP contribution in [0.1, 0.15) is 18.7 Å². The number of hydrogen-bond acceptors (Lipinski definition) is 5. The van der Waals surface area contributed by atoms with Crippen molar-refractivity contribution in [2.45, 2.75) is 19.9 Å². The molecule has 2 aromatic heterocycles. The highest BCUT2D eigenvalue weighted by Crippen LogP contribution is 2.32. The Balaban J connectivity index is 2.09. The summed E-state index contributed by atoms with van der Waals surface area (Å²) in [5.41, 5.74) is 0.518. The van der Waals surface area contributed by atoms with Crippen LogP contribution in [0.25, 0.3) is 20.2 Å². The third-order valence-corrected chi connectivity index (χ3v) is 5.24. The van der Waals surface area contributed by atoms with Gasteiger partial charge in [0.1, 0.15) is 6.04 Å². The van der Waals surface area contributed by atoms with E-state index in [4.69, 9.17) is 4.74 Å². The van der Waals surface area contributed by atoms with Crippen LogP contribution < -0.4 is 10.9 Å². The quantitative estimate of drug-likeness (QED) is 0.720. The fourth-order valence-corrected chi connectivity index (χ4v) is 3.81. The van der Waals surface area contributed by atoms with E-state index in [1.807, 2.05) is 31.2 Å². The maximum Gasteiger partial charge on any atom is 0.276 e. The van der Waals surface area contributed by atoms with Gasteiger partial charge in [-0.1, -0.05) is 18.2 Å². The molecule has 0 bridgehead atoms. The standard InChI is InChI=1S/C17H19N3O3S/c1-10-15-14(12-6-4-5-7-13(12)24-15)17(22)20(19-10)11(2)16(21)18-8-9-23-3/h4-7,11H,8-9H2,1-3H3,(H,18,21)/t11-/m0/s1. The van der Waals surface area contributed by atoms with Gasteiger partial charge in [-0.05, 0) is 19.9 Å². The number of carbonyl (C=O) groups excluding carboxylic acids is 1. The number of nitrogens with one attached hydrogen (secondary N) is 1. The number of carbonyl (C=O) groups is 1. The van der Waals surface area contributed by atoms with E-state index in [2.05, 4.69) is 10.4 Å². The van der Waals surface area contributed by atoms with E-state index in [1.54, 1.807) is 25.4 Å². The van der Waals surface area contributed by atoms with E-state index in [1.165, 1.54) is 4.68 Å². The number of ether oxygens (including phenoxy) is 1. The van der Waals surface area contributed by atoms with Gasteiger partial charge in [-0.2, -0.15) is 5.10 Å². The summed E-state index contributed by atoms with van der Waals surface area (Å²) in [6.07, 6.45) is 0. The summed E-state index contributed by atoms with van der Waals surface area (Å²) >= 11 is 1.56. The van der Waals surface area contributed by atoms with Gasteiger partial charge in [-0.3, -0.25) is 9.59 Å². The van der Waals surface area contributed by atoms with E-state index in [0.29, 0.717) is 18.5 Å². The smallest absolute Gasteiger partial charge is 0.276 e. The van der Waals surface area contributed by atoms with Crippen molar-refractivity contribution in [3.63, 3.8) is 0 Å². The summed E-state index contributed by atoms with van der Waals surface area (Å²) in [6.45, 7) is 4.37. The van der Waals surface area contributed by atoms with Crippen LogP contribution in [0.4, 0.5) is 0 Å². The van der Waals surface area contributed by atoms with Gasteiger partial charge in [0.05, 0.1) is 22.4 Å². The molecule has 0 fully saturated rings. The average Bonchev–Trinajstić information content (AvgIpc) is 2.98. The molecular weight excluding hydrogens is 326 g/mol. The molecule has 0 spiro atoms. The second-order valence-electron chi connectivity index (χ2n) is 5.60. The second-order valence-corrected chi connectivity index (χ2v) is 6.65. The Labute approximate surface area is 143 Å². The normalized spacial score (nSPS) is 12.6. The number of methoxy groups -OCH3 is 1. The molecule has 0 saturated carbocycles. The first-order valence-corrected chi connectivity index (χ1v) is 8.53. The molecule has 1 amide bonds. The van der Waals surface area contributed by atoms with E-state index in [0.717, 1.165) is 20.5 Å². The summed E-state index contributed by atoms with van der Waals surface area (Å²) < 4.78 is 8.12. The molecule has 126 valence electrons. The van der Waals surface area contributed by atoms with Crippen molar-refractivity contribution < 1.29 is 9.53 Å². The highest BCUT2D eigenvalue weighted by Gasteiger charge is 2.21. The van der Waals surface area contributed by atoms with Crippen LogP contribution in [0.2, 0.25) is 0 Å². The van der Waals surface area contributed by atoms with Crippen molar-refractivity contribution in [1.82, 2.24) is 15.1 Å². The van der Waals surface area contributed by atoms with Crippen LogP contribution in [0.5, 0.6) is 0 Å². The van der Waals surface area contributed by atoms with E-state index in [9.17, 15) is 9.59 Å². The summed E-state index contributed by atoms with van der Waals surface area (Å²) in [4.78, 5) is 25.2. The number of amides is 1. The molecule has 1 aromatic carbocycles. The second kappa shape index (κ2) is 6.70. The number of fused-ring (bicyclic) bond motifs is 3. The predicted octanol–water partition coefficient (Wildman–Crippen LogP) is 2.24. The SMILES string of the molecule is COCCNC(=O)[C@H](C)n1nc(C)c2sc3ccccc3c2c1=O. The molecule has 3 rings (SSSR count). The number of thiophene rings is 1. The number of nitrogens with zero attached hydrogens (tertiary/aromatic N) is 2. The lowest BCUT2D eigenvalue weighted by Gasteiger charge is -2.15. The Morgan fingerprint density at radius 2 is 2.17 bits per heavy atom. The largest absolute Gasteiger partial charge is 0.383 e. The highest BCUT2D eigenvalue weighted by molar-refractivity contribution is 7.26. The number of rotatable bonds is 5. The Bertz CT molecular complexity index is 961. The van der Waals surface area contributed by atoms with Gasteiger partial charge in [-0.15, -0.1) is 11.3 Å². The van der Waals surface area contributed by atoms with Crippen molar-refractivity contribution in [2.24, 2.45) is 0 Å². The van der Waals surface area contributed by atoms with Crippen molar-refractivity contribution >= 4 is 37.4 Å². The molecule has 1 N–H and O–H groups in total. The molecule has 0 unspecified atom stereocenters. The Kier molecular flexibility index (Phi) is 4.64. The monoisotopic (exact) mass is 345 g/mol. The topological polar surface area (TPSA) is 73.2 Å². The number of benzene rings is 1. The van der Waals surface area contributed by atoms with Crippen LogP contribution >= 0.6 is 11.3 Å². The van der Waals surface area contributed by atoms with E-state index in [-0.39, 0.29) is 11.5 Å². The van der Waals surface area contributed by atoms with Gasteiger partial charge in [0, 0.05) is 23.7 Å². The lowest BCUT2D eigenvalue weighted by molar-refractivity contribution is -0.124. The first-order valence-electron chi connectivity index (χ1n) is 7.72. The highest BCUT2D eigenvalue weighted by atomic mass is 32.1. The van der Waals surface area contributed by atoms with Gasteiger partial charge >= 0.3 is 0 Å². The number of aromatic nitrogens is 2. The molecule has 0 aliphatic carbocycles. The minimum Gasteiger partial charge on any atom is -0.383 e. The summed E-state index contributed by atoms with van der Waals surface area (Å²) in [5.74, 6) is -0.250. The van der Waals surface area contributed by atoms with Gasteiger partial charge in [0.15, 0.2) is 0 Å². The lowest BCUT2D eigenvalue weighted by Crippen LogP contribution is -2.38. The summed E-state index contributed by atoms with van der Waals surface area (Å²) in [7, 11) is 1.57. The number of aryl methyl sites for hydroxylation is 1. The third kappa shape index (κ3) is 2.81. The van der Waals surface area contributed by atoms with Crippen LogP contribution in [0.15, 0.2) is 29.1 Å². The minimum absolute atomic E-state index is 0.234. The molecule has 6 nitrogen and oxygen atoms in total. The van der Waals surface area contributed by atoms with E-state index >= 15 is 0 Å². The van der Waals surface area contributed by atoms with Crippen LogP contribution in [0, 0.1) is 6.92 Å². The third-order valence-electron chi connectivity index (χ3n) is 3.96. The maximum absolute atomic E-state index is 12.9. The summed E-state index contributed by atoms with van der Waals surface area (Å²) in [6, 6.07) is 7.10. The van der Waals surface area contributed by atoms with Gasteiger partial charge < -0.3 is 10.1 Å². The minimum atomic E-state index is -0.684. The van der Waals surface area contributed by atoms with Gasteiger partial charge in [-0.25, -0.2) is 4.68 Å². The maximum atomic E-state index is 12.9. The fourth-order valence-electron chi connectivity index (χ4n) is 2.68. The molecule has 3 aromatic rings. The van der Waals surface area contributed by atoms with Crippen molar-refractivity contribution in [2.75, 3.05) is 20.3 Å². The lowest BCUT2D eigenvalue weighted by atomic mass is 10.2. The molecule has 0 radical (unpaired) electrons. The average molecular weight is 345 g/mol. The molecule has 2 heterocycles. The number of hydrogen-bond donors (Lipinski definition) is 1. The molecule has 0 saturated heterocycles. The molecule has 24 heavy (non-hydrogen) atoms. The van der Waals surface area contributed by atoms with Gasteiger partial charge in [0.25, 0.3) is 5.56 Å². The van der Waals surface area contributed by atoms with Crippen LogP contribution in [-0.2, 0) is 9.53 Å². The first-order chi connectivity index (χ1) is 11.5. The molecule has 0 aliphatic heterocycles. The zero-order valence-electron chi connectivity index (χ0n) is 13.8. The fraction of sp³-hybridized carbons (Fsp3) is 0.353. The van der Waals surface area contributed by atoms with Crippen LogP contribution in [-0.4, -0.2) is 35.9 Å². The molecule has 1 atom stereocenters. The van der Waals surface area contributed by atoms with Crippen LogP contribution in [0.3, 0.4) is 0 Å². The van der Waals surface area contributed by atoms with Crippen molar-refractivity contribution in [3.8, 4) is 0 Å². The zero-order valence-corrected chi connectivity index (χ0v) is 14.6. The van der Waals surface area contributed by atoms with E-state index < -0.39 is 6.04 Å². The molecule has 7 heteroatoms. The zero-order chi connectivity index (χ0) is 17.3. The van der Waals surface area contributed by atoms with Crippen molar-refractivity contribution in [3.05, 3.63) is 40.3 Å².